The normalized spacial score (nSPS) is 10.8. The van der Waals surface area contributed by atoms with Gasteiger partial charge in [-0.05, 0) is 24.7 Å². The van der Waals surface area contributed by atoms with Crippen molar-refractivity contribution in [3.8, 4) is 0 Å². The Hall–Kier alpha value is -1.79. The summed E-state index contributed by atoms with van der Waals surface area (Å²) in [5, 5.41) is 5.17. The van der Waals surface area contributed by atoms with Crippen molar-refractivity contribution in [2.75, 3.05) is 12.4 Å². The number of carbonyl (C=O) groups is 1. The summed E-state index contributed by atoms with van der Waals surface area (Å²) in [4.78, 5) is 17.3. The standard InChI is InChI=1S/C14H16FN3OS/c1-10(19)16-14-17-13(9-20-14)8-18(2)7-11-4-3-5-12(15)6-11/h3-6,9H,7-8H2,1-2H3,(H,16,17,19). The van der Waals surface area contributed by atoms with Crippen LogP contribution >= 0.6 is 11.3 Å². The minimum Gasteiger partial charge on any atom is -0.302 e. The second kappa shape index (κ2) is 6.58. The predicted molar refractivity (Wildman–Crippen MR) is 78.0 cm³/mol. The molecule has 0 saturated carbocycles. The van der Waals surface area contributed by atoms with Crippen LogP contribution in [0.3, 0.4) is 0 Å². The Labute approximate surface area is 121 Å². The Morgan fingerprint density at radius 3 is 2.95 bits per heavy atom. The highest BCUT2D eigenvalue weighted by molar-refractivity contribution is 7.13. The Morgan fingerprint density at radius 1 is 1.45 bits per heavy atom. The van der Waals surface area contributed by atoms with Gasteiger partial charge >= 0.3 is 0 Å². The molecular weight excluding hydrogens is 277 g/mol. The average molecular weight is 293 g/mol. The van der Waals surface area contributed by atoms with Gasteiger partial charge in [-0.15, -0.1) is 11.3 Å². The fourth-order valence-corrected chi connectivity index (χ4v) is 2.61. The van der Waals surface area contributed by atoms with E-state index in [1.165, 1.54) is 30.4 Å². The average Bonchev–Trinajstić information content (AvgIpc) is 2.75. The second-order valence-corrected chi connectivity index (χ2v) is 5.49. The van der Waals surface area contributed by atoms with Crippen molar-refractivity contribution in [2.45, 2.75) is 20.0 Å². The van der Waals surface area contributed by atoms with Crippen LogP contribution in [0, 0.1) is 5.82 Å². The van der Waals surface area contributed by atoms with E-state index in [4.69, 9.17) is 0 Å². The van der Waals surface area contributed by atoms with Crippen LogP contribution in [0.15, 0.2) is 29.6 Å². The molecule has 0 spiro atoms. The van der Waals surface area contributed by atoms with Gasteiger partial charge in [-0.25, -0.2) is 9.37 Å². The Balaban J connectivity index is 1.92. The van der Waals surface area contributed by atoms with Gasteiger partial charge in [0.2, 0.25) is 5.91 Å². The number of halogens is 1. The fraction of sp³-hybridized carbons (Fsp3) is 0.286. The van der Waals surface area contributed by atoms with Gasteiger partial charge < -0.3 is 5.32 Å². The van der Waals surface area contributed by atoms with E-state index in [2.05, 4.69) is 10.3 Å². The first-order chi connectivity index (χ1) is 9.52. The topological polar surface area (TPSA) is 45.2 Å². The van der Waals surface area contributed by atoms with Gasteiger partial charge in [0.05, 0.1) is 5.69 Å². The van der Waals surface area contributed by atoms with Crippen LogP contribution in [0.25, 0.3) is 0 Å². The molecule has 106 valence electrons. The SMILES string of the molecule is CC(=O)Nc1nc(CN(C)Cc2cccc(F)c2)cs1. The smallest absolute Gasteiger partial charge is 0.223 e. The van der Waals surface area contributed by atoms with Crippen LogP contribution < -0.4 is 5.32 Å². The van der Waals surface area contributed by atoms with Gasteiger partial charge in [-0.1, -0.05) is 12.1 Å². The Kier molecular flexibility index (Phi) is 4.81. The molecule has 0 atom stereocenters. The molecule has 0 aliphatic carbocycles. The van der Waals surface area contributed by atoms with Gasteiger partial charge in [0, 0.05) is 25.4 Å². The van der Waals surface area contributed by atoms with Gasteiger partial charge in [0.1, 0.15) is 5.82 Å². The van der Waals surface area contributed by atoms with Crippen molar-refractivity contribution < 1.29 is 9.18 Å². The van der Waals surface area contributed by atoms with E-state index < -0.39 is 0 Å². The minimum absolute atomic E-state index is 0.126. The summed E-state index contributed by atoms with van der Waals surface area (Å²) in [5.74, 6) is -0.350. The summed E-state index contributed by atoms with van der Waals surface area (Å²) < 4.78 is 13.1. The molecule has 0 bridgehead atoms. The van der Waals surface area contributed by atoms with Crippen molar-refractivity contribution in [2.24, 2.45) is 0 Å². The fourth-order valence-electron chi connectivity index (χ4n) is 1.87. The summed E-state index contributed by atoms with van der Waals surface area (Å²) >= 11 is 1.40. The molecule has 2 aromatic rings. The lowest BCUT2D eigenvalue weighted by Gasteiger charge is -2.15. The van der Waals surface area contributed by atoms with Gasteiger partial charge in [0.25, 0.3) is 0 Å². The van der Waals surface area contributed by atoms with Crippen LogP contribution in [-0.4, -0.2) is 22.8 Å². The Morgan fingerprint density at radius 2 is 2.25 bits per heavy atom. The van der Waals surface area contributed by atoms with Crippen LogP contribution in [0.1, 0.15) is 18.2 Å². The molecule has 0 radical (unpaired) electrons. The van der Waals surface area contributed by atoms with Gasteiger partial charge in [0.15, 0.2) is 5.13 Å². The lowest BCUT2D eigenvalue weighted by atomic mass is 10.2. The predicted octanol–water partition coefficient (Wildman–Crippen LogP) is 2.87. The third-order valence-electron chi connectivity index (χ3n) is 2.61. The number of hydrogen-bond acceptors (Lipinski definition) is 4. The summed E-state index contributed by atoms with van der Waals surface area (Å²) in [6.07, 6.45) is 0. The molecule has 2 rings (SSSR count). The van der Waals surface area contributed by atoms with Crippen LogP contribution in [0.4, 0.5) is 9.52 Å². The summed E-state index contributed by atoms with van der Waals surface area (Å²) in [6.45, 7) is 2.74. The Bertz CT molecular complexity index is 600. The number of thiazole rings is 1. The molecule has 1 heterocycles. The number of amides is 1. The zero-order chi connectivity index (χ0) is 14.5. The third kappa shape index (κ3) is 4.40. The number of carbonyl (C=O) groups excluding carboxylic acids is 1. The highest BCUT2D eigenvalue weighted by Gasteiger charge is 2.07. The number of nitrogens with one attached hydrogen (secondary N) is 1. The van der Waals surface area contributed by atoms with E-state index in [9.17, 15) is 9.18 Å². The van der Waals surface area contributed by atoms with E-state index in [0.717, 1.165) is 11.3 Å². The quantitative estimate of drug-likeness (QED) is 0.922. The second-order valence-electron chi connectivity index (χ2n) is 4.63. The molecule has 1 aromatic heterocycles. The zero-order valence-electron chi connectivity index (χ0n) is 11.4. The number of aromatic nitrogens is 1. The molecule has 4 nitrogen and oxygen atoms in total. The van der Waals surface area contributed by atoms with Crippen molar-refractivity contribution in [1.82, 2.24) is 9.88 Å². The molecule has 1 N–H and O–H groups in total. The molecule has 0 fully saturated rings. The summed E-state index contributed by atoms with van der Waals surface area (Å²) in [5.41, 5.74) is 1.81. The molecule has 0 saturated heterocycles. The van der Waals surface area contributed by atoms with E-state index in [0.29, 0.717) is 18.2 Å². The molecule has 1 amide bonds. The van der Waals surface area contributed by atoms with E-state index in [-0.39, 0.29) is 11.7 Å². The van der Waals surface area contributed by atoms with Gasteiger partial charge in [-0.2, -0.15) is 0 Å². The number of hydrogen-bond donors (Lipinski definition) is 1. The number of nitrogens with zero attached hydrogens (tertiary/aromatic N) is 2. The third-order valence-corrected chi connectivity index (χ3v) is 3.41. The zero-order valence-corrected chi connectivity index (χ0v) is 12.2. The van der Waals surface area contributed by atoms with E-state index in [1.54, 1.807) is 6.07 Å². The minimum atomic E-state index is -0.225. The van der Waals surface area contributed by atoms with Crippen LogP contribution in [0.5, 0.6) is 0 Å². The molecular formula is C14H16FN3OS. The number of rotatable bonds is 5. The van der Waals surface area contributed by atoms with Crippen LogP contribution in [-0.2, 0) is 17.9 Å². The molecule has 0 aliphatic heterocycles. The molecule has 6 heteroatoms. The lowest BCUT2D eigenvalue weighted by Crippen LogP contribution is -2.17. The van der Waals surface area contributed by atoms with E-state index >= 15 is 0 Å². The highest BCUT2D eigenvalue weighted by Crippen LogP contribution is 2.17. The lowest BCUT2D eigenvalue weighted by molar-refractivity contribution is -0.114. The number of anilines is 1. The molecule has 0 aliphatic rings. The van der Waals surface area contributed by atoms with Crippen molar-refractivity contribution in [3.63, 3.8) is 0 Å². The largest absolute Gasteiger partial charge is 0.302 e. The number of benzene rings is 1. The maximum atomic E-state index is 13.1. The van der Waals surface area contributed by atoms with Crippen molar-refractivity contribution in [1.29, 1.82) is 0 Å². The first-order valence-corrected chi connectivity index (χ1v) is 7.06. The monoisotopic (exact) mass is 293 g/mol. The summed E-state index contributed by atoms with van der Waals surface area (Å²) in [7, 11) is 1.95. The maximum Gasteiger partial charge on any atom is 0.223 e. The first-order valence-electron chi connectivity index (χ1n) is 6.18. The molecule has 1 aromatic carbocycles. The van der Waals surface area contributed by atoms with Crippen molar-refractivity contribution >= 4 is 22.4 Å². The summed E-state index contributed by atoms with van der Waals surface area (Å²) in [6, 6.07) is 6.56. The maximum absolute atomic E-state index is 13.1. The van der Waals surface area contributed by atoms with Gasteiger partial charge in [-0.3, -0.25) is 9.69 Å². The van der Waals surface area contributed by atoms with Crippen molar-refractivity contribution in [3.05, 3.63) is 46.7 Å². The highest BCUT2D eigenvalue weighted by atomic mass is 32.1. The first kappa shape index (κ1) is 14.6. The van der Waals surface area contributed by atoms with Crippen LogP contribution in [0.2, 0.25) is 0 Å². The molecule has 20 heavy (non-hydrogen) atoms. The van der Waals surface area contributed by atoms with E-state index in [1.807, 2.05) is 23.4 Å². The molecule has 0 unspecified atom stereocenters.